The number of ether oxygens (including phenoxy) is 1. The number of thioether (sulfide) groups is 1. The summed E-state index contributed by atoms with van der Waals surface area (Å²) in [4.78, 5) is 22.6. The molecule has 0 aromatic heterocycles. The van der Waals surface area contributed by atoms with Gasteiger partial charge in [0.2, 0.25) is 0 Å². The van der Waals surface area contributed by atoms with Gasteiger partial charge in [0, 0.05) is 25.5 Å². The number of nitrogens with one attached hydrogen (secondary N) is 2. The minimum Gasteiger partial charge on any atom is -0.480 e. The predicted octanol–water partition coefficient (Wildman–Crippen LogP) is 1.31. The van der Waals surface area contributed by atoms with Crippen molar-refractivity contribution in [3.05, 3.63) is 0 Å². The van der Waals surface area contributed by atoms with Gasteiger partial charge in [-0.25, -0.2) is 9.59 Å². The van der Waals surface area contributed by atoms with E-state index in [1.807, 2.05) is 13.8 Å². The lowest BCUT2D eigenvalue weighted by Gasteiger charge is -2.18. The van der Waals surface area contributed by atoms with E-state index in [0.717, 1.165) is 11.5 Å². The Morgan fingerprint density at radius 1 is 1.37 bits per heavy atom. The zero-order valence-electron chi connectivity index (χ0n) is 11.8. The molecule has 0 aromatic carbocycles. The Balaban J connectivity index is 4.05. The molecule has 6 nitrogen and oxygen atoms in total. The van der Waals surface area contributed by atoms with E-state index in [2.05, 4.69) is 10.6 Å². The van der Waals surface area contributed by atoms with Crippen LogP contribution >= 0.6 is 11.8 Å². The molecule has 0 aliphatic carbocycles. The lowest BCUT2D eigenvalue weighted by molar-refractivity contribution is -0.139. The highest BCUT2D eigenvalue weighted by Gasteiger charge is 2.20. The van der Waals surface area contributed by atoms with Crippen molar-refractivity contribution in [3.8, 4) is 0 Å². The Kier molecular flexibility index (Phi) is 10.4. The smallest absolute Gasteiger partial charge is 0.326 e. The highest BCUT2D eigenvalue weighted by atomic mass is 32.2. The van der Waals surface area contributed by atoms with Crippen LogP contribution in [0.5, 0.6) is 0 Å². The van der Waals surface area contributed by atoms with E-state index in [1.54, 1.807) is 18.9 Å². The SMILES string of the molecule is CCSCC(C)NC(=O)NC(CCCOC)C(=O)O. The lowest BCUT2D eigenvalue weighted by atomic mass is 10.1. The summed E-state index contributed by atoms with van der Waals surface area (Å²) < 4.78 is 4.86. The zero-order chi connectivity index (χ0) is 14.7. The third-order valence-electron chi connectivity index (χ3n) is 2.39. The Morgan fingerprint density at radius 3 is 2.58 bits per heavy atom. The molecule has 2 unspecified atom stereocenters. The molecule has 0 fully saturated rings. The summed E-state index contributed by atoms with van der Waals surface area (Å²) >= 11 is 1.72. The van der Waals surface area contributed by atoms with Gasteiger partial charge in [-0.3, -0.25) is 0 Å². The standard InChI is InChI=1S/C12H24N2O4S/c1-4-19-8-9(2)13-12(17)14-10(11(15)16)6-5-7-18-3/h9-10H,4-8H2,1-3H3,(H,15,16)(H2,13,14,17). The number of amides is 2. The van der Waals surface area contributed by atoms with Gasteiger partial charge in [0.05, 0.1) is 0 Å². The molecular formula is C12H24N2O4S. The molecule has 112 valence electrons. The van der Waals surface area contributed by atoms with Crippen molar-refractivity contribution in [1.82, 2.24) is 10.6 Å². The van der Waals surface area contributed by atoms with E-state index in [1.165, 1.54) is 0 Å². The van der Waals surface area contributed by atoms with Crippen LogP contribution in [0.4, 0.5) is 4.79 Å². The molecule has 3 N–H and O–H groups in total. The molecule has 0 saturated heterocycles. The highest BCUT2D eigenvalue weighted by molar-refractivity contribution is 7.99. The molecule has 0 radical (unpaired) electrons. The van der Waals surface area contributed by atoms with E-state index in [4.69, 9.17) is 9.84 Å². The topological polar surface area (TPSA) is 87.7 Å². The first kappa shape index (κ1) is 18.0. The number of carboxylic acid groups (broad SMARTS) is 1. The minimum absolute atomic E-state index is 0.0124. The average molecular weight is 292 g/mol. The van der Waals surface area contributed by atoms with Crippen LogP contribution in [0.1, 0.15) is 26.7 Å². The van der Waals surface area contributed by atoms with Crippen LogP contribution in [0, 0.1) is 0 Å². The molecule has 0 aromatic rings. The van der Waals surface area contributed by atoms with Gasteiger partial charge >= 0.3 is 12.0 Å². The molecule has 0 aliphatic heterocycles. The number of carbonyl (C=O) groups excluding carboxylic acids is 1. The maximum Gasteiger partial charge on any atom is 0.326 e. The third-order valence-corrected chi connectivity index (χ3v) is 3.54. The molecule has 0 saturated carbocycles. The minimum atomic E-state index is -1.03. The third kappa shape index (κ3) is 9.61. The summed E-state index contributed by atoms with van der Waals surface area (Å²) in [5, 5.41) is 14.2. The van der Waals surface area contributed by atoms with Crippen LogP contribution in [0.2, 0.25) is 0 Å². The summed E-state index contributed by atoms with van der Waals surface area (Å²) in [5.41, 5.74) is 0. The monoisotopic (exact) mass is 292 g/mol. The van der Waals surface area contributed by atoms with Crippen molar-refractivity contribution in [1.29, 1.82) is 0 Å². The number of hydrogen-bond donors (Lipinski definition) is 3. The van der Waals surface area contributed by atoms with E-state index < -0.39 is 18.0 Å². The molecule has 2 atom stereocenters. The van der Waals surface area contributed by atoms with Gasteiger partial charge in [0.1, 0.15) is 6.04 Å². The second-order valence-electron chi connectivity index (χ2n) is 4.20. The van der Waals surface area contributed by atoms with E-state index >= 15 is 0 Å². The van der Waals surface area contributed by atoms with Crippen LogP contribution in [0.15, 0.2) is 0 Å². The van der Waals surface area contributed by atoms with Gasteiger partial charge < -0.3 is 20.5 Å². The number of rotatable bonds is 10. The Bertz CT molecular complexity index is 276. The number of carbonyl (C=O) groups is 2. The maximum absolute atomic E-state index is 11.6. The van der Waals surface area contributed by atoms with Crippen molar-refractivity contribution in [2.45, 2.75) is 38.8 Å². The van der Waals surface area contributed by atoms with Crippen LogP contribution in [0.25, 0.3) is 0 Å². The summed E-state index contributed by atoms with van der Waals surface area (Å²) in [6.07, 6.45) is 0.948. The van der Waals surface area contributed by atoms with Crippen LogP contribution in [0.3, 0.4) is 0 Å². The quantitative estimate of drug-likeness (QED) is 0.528. The van der Waals surface area contributed by atoms with Gasteiger partial charge in [-0.15, -0.1) is 0 Å². The van der Waals surface area contributed by atoms with Crippen molar-refractivity contribution < 1.29 is 19.4 Å². The van der Waals surface area contributed by atoms with Gasteiger partial charge in [0.15, 0.2) is 0 Å². The number of urea groups is 1. The molecule has 0 bridgehead atoms. The molecule has 19 heavy (non-hydrogen) atoms. The predicted molar refractivity (Wildman–Crippen MR) is 76.7 cm³/mol. The fourth-order valence-electron chi connectivity index (χ4n) is 1.45. The Labute approximate surface area is 118 Å². The van der Waals surface area contributed by atoms with Crippen LogP contribution in [-0.2, 0) is 9.53 Å². The Hall–Kier alpha value is -0.950. The molecule has 7 heteroatoms. The first-order valence-corrected chi connectivity index (χ1v) is 7.53. The van der Waals surface area contributed by atoms with Gasteiger partial charge in [0.25, 0.3) is 0 Å². The summed E-state index contributed by atoms with van der Waals surface area (Å²) in [6, 6.07) is -1.30. The van der Waals surface area contributed by atoms with E-state index in [9.17, 15) is 9.59 Å². The zero-order valence-corrected chi connectivity index (χ0v) is 12.6. The maximum atomic E-state index is 11.6. The van der Waals surface area contributed by atoms with Crippen LogP contribution < -0.4 is 10.6 Å². The van der Waals surface area contributed by atoms with Crippen molar-refractivity contribution >= 4 is 23.8 Å². The fourth-order valence-corrected chi connectivity index (χ4v) is 2.12. The second-order valence-corrected chi connectivity index (χ2v) is 5.52. The number of carboxylic acids is 1. The molecule has 0 aliphatic rings. The Morgan fingerprint density at radius 2 is 2.05 bits per heavy atom. The normalized spacial score (nSPS) is 13.6. The summed E-state index contributed by atoms with van der Waals surface area (Å²) in [6.45, 7) is 4.42. The van der Waals surface area contributed by atoms with E-state index in [-0.39, 0.29) is 6.04 Å². The summed E-state index contributed by atoms with van der Waals surface area (Å²) in [7, 11) is 1.56. The lowest BCUT2D eigenvalue weighted by Crippen LogP contribution is -2.49. The number of methoxy groups -OCH3 is 1. The van der Waals surface area contributed by atoms with Crippen molar-refractivity contribution in [3.63, 3.8) is 0 Å². The molecule has 0 spiro atoms. The van der Waals surface area contributed by atoms with Crippen molar-refractivity contribution in [2.75, 3.05) is 25.2 Å². The van der Waals surface area contributed by atoms with Gasteiger partial charge in [-0.05, 0) is 25.5 Å². The molecule has 0 heterocycles. The van der Waals surface area contributed by atoms with Gasteiger partial charge in [-0.1, -0.05) is 6.92 Å². The first-order chi connectivity index (χ1) is 9.01. The van der Waals surface area contributed by atoms with Crippen molar-refractivity contribution in [2.24, 2.45) is 0 Å². The largest absolute Gasteiger partial charge is 0.480 e. The molecular weight excluding hydrogens is 268 g/mol. The molecule has 0 rings (SSSR count). The summed E-state index contributed by atoms with van der Waals surface area (Å²) in [5.74, 6) is 0.773. The number of hydrogen-bond acceptors (Lipinski definition) is 4. The number of aliphatic carboxylic acids is 1. The van der Waals surface area contributed by atoms with E-state index in [0.29, 0.717) is 19.4 Å². The fraction of sp³-hybridized carbons (Fsp3) is 0.833. The highest BCUT2D eigenvalue weighted by Crippen LogP contribution is 2.02. The first-order valence-electron chi connectivity index (χ1n) is 6.37. The molecule has 2 amide bonds. The van der Waals surface area contributed by atoms with Gasteiger partial charge in [-0.2, -0.15) is 11.8 Å². The van der Waals surface area contributed by atoms with Crippen LogP contribution in [-0.4, -0.2) is 54.4 Å². The average Bonchev–Trinajstić information content (AvgIpc) is 2.35. The second kappa shape index (κ2) is 10.9.